The summed E-state index contributed by atoms with van der Waals surface area (Å²) in [5, 5.41) is 8.68. The van der Waals surface area contributed by atoms with E-state index in [0.29, 0.717) is 5.92 Å². The number of aliphatic hydroxyl groups excluding tert-OH is 1. The highest BCUT2D eigenvalue weighted by molar-refractivity contribution is 5.41. The summed E-state index contributed by atoms with van der Waals surface area (Å²) in [4.78, 5) is 0. The third-order valence-corrected chi connectivity index (χ3v) is 2.29. The van der Waals surface area contributed by atoms with Crippen molar-refractivity contribution in [2.45, 2.75) is 6.42 Å². The van der Waals surface area contributed by atoms with Gasteiger partial charge in [-0.15, -0.1) is 0 Å². The van der Waals surface area contributed by atoms with E-state index in [1.54, 1.807) is 0 Å². The summed E-state index contributed by atoms with van der Waals surface area (Å²) in [5.74, 6) is 1.22. The zero-order valence-corrected chi connectivity index (χ0v) is 7.31. The maximum Gasteiger partial charge on any atom is 0.186 e. The smallest absolute Gasteiger partial charge is 0.186 e. The highest BCUT2D eigenvalue weighted by Crippen LogP contribution is 2.30. The fraction of sp³-hybridized carbons (Fsp3) is 0.273. The van der Waals surface area contributed by atoms with E-state index in [4.69, 9.17) is 9.84 Å². The standard InChI is InChI=1S/C11H12O2/c12-8-13-11-7-3-5-9-4-1-2-6-10(9)11/h1-4,6-7,9,12H,5,8H2. The van der Waals surface area contributed by atoms with Gasteiger partial charge in [0.15, 0.2) is 6.79 Å². The van der Waals surface area contributed by atoms with Gasteiger partial charge in [-0.2, -0.15) is 0 Å². The Kier molecular flexibility index (Phi) is 2.32. The summed E-state index contributed by atoms with van der Waals surface area (Å²) < 4.78 is 5.12. The summed E-state index contributed by atoms with van der Waals surface area (Å²) in [6.45, 7) is -0.257. The van der Waals surface area contributed by atoms with Gasteiger partial charge in [0.05, 0.1) is 0 Å². The van der Waals surface area contributed by atoms with Gasteiger partial charge in [0.25, 0.3) is 0 Å². The van der Waals surface area contributed by atoms with Gasteiger partial charge in [0, 0.05) is 11.5 Å². The van der Waals surface area contributed by atoms with Crippen LogP contribution < -0.4 is 0 Å². The molecule has 0 amide bonds. The van der Waals surface area contributed by atoms with Crippen molar-refractivity contribution in [3.8, 4) is 0 Å². The highest BCUT2D eigenvalue weighted by atomic mass is 16.6. The van der Waals surface area contributed by atoms with Crippen molar-refractivity contribution in [2.24, 2.45) is 5.92 Å². The van der Waals surface area contributed by atoms with Gasteiger partial charge in [-0.25, -0.2) is 0 Å². The predicted octanol–water partition coefficient (Wildman–Crippen LogP) is 1.91. The predicted molar refractivity (Wildman–Crippen MR) is 50.7 cm³/mol. The van der Waals surface area contributed by atoms with Gasteiger partial charge in [-0.05, 0) is 12.5 Å². The van der Waals surface area contributed by atoms with E-state index in [1.807, 2.05) is 24.3 Å². The van der Waals surface area contributed by atoms with Gasteiger partial charge in [0.1, 0.15) is 5.76 Å². The van der Waals surface area contributed by atoms with Gasteiger partial charge >= 0.3 is 0 Å². The molecule has 0 aliphatic heterocycles. The largest absolute Gasteiger partial charge is 0.467 e. The van der Waals surface area contributed by atoms with E-state index < -0.39 is 0 Å². The normalized spacial score (nSPS) is 24.8. The summed E-state index contributed by atoms with van der Waals surface area (Å²) in [6, 6.07) is 0. The molecule has 0 aromatic carbocycles. The van der Waals surface area contributed by atoms with E-state index in [0.717, 1.165) is 12.2 Å². The average molecular weight is 176 g/mol. The Bertz CT molecular complexity index is 308. The Morgan fingerprint density at radius 1 is 1.38 bits per heavy atom. The third kappa shape index (κ3) is 1.58. The second kappa shape index (κ2) is 3.62. The van der Waals surface area contributed by atoms with Gasteiger partial charge in [-0.3, -0.25) is 0 Å². The molecule has 2 aliphatic rings. The van der Waals surface area contributed by atoms with Crippen LogP contribution in [0.3, 0.4) is 0 Å². The molecular formula is C11H12O2. The molecule has 0 bridgehead atoms. The van der Waals surface area contributed by atoms with Gasteiger partial charge < -0.3 is 9.84 Å². The van der Waals surface area contributed by atoms with Crippen molar-refractivity contribution in [1.82, 2.24) is 0 Å². The molecule has 2 rings (SSSR count). The van der Waals surface area contributed by atoms with E-state index in [-0.39, 0.29) is 6.79 Å². The van der Waals surface area contributed by atoms with E-state index >= 15 is 0 Å². The van der Waals surface area contributed by atoms with Crippen LogP contribution in [-0.4, -0.2) is 11.9 Å². The molecular weight excluding hydrogens is 164 g/mol. The second-order valence-corrected chi connectivity index (χ2v) is 3.08. The maximum atomic E-state index is 8.68. The third-order valence-electron chi connectivity index (χ3n) is 2.29. The maximum absolute atomic E-state index is 8.68. The Labute approximate surface area is 77.5 Å². The Morgan fingerprint density at radius 3 is 3.15 bits per heavy atom. The highest BCUT2D eigenvalue weighted by Gasteiger charge is 2.17. The van der Waals surface area contributed by atoms with Crippen LogP contribution in [-0.2, 0) is 4.74 Å². The summed E-state index contributed by atoms with van der Waals surface area (Å²) in [7, 11) is 0. The molecule has 2 heteroatoms. The van der Waals surface area contributed by atoms with E-state index in [9.17, 15) is 0 Å². The van der Waals surface area contributed by atoms with E-state index in [1.165, 1.54) is 5.57 Å². The lowest BCUT2D eigenvalue weighted by molar-refractivity contribution is 0.0457. The Morgan fingerprint density at radius 2 is 2.31 bits per heavy atom. The van der Waals surface area contributed by atoms with Crippen LogP contribution in [0.5, 0.6) is 0 Å². The van der Waals surface area contributed by atoms with Crippen LogP contribution in [0.15, 0.2) is 47.8 Å². The van der Waals surface area contributed by atoms with Crippen LogP contribution in [0.25, 0.3) is 0 Å². The van der Waals surface area contributed by atoms with Crippen LogP contribution in [0.4, 0.5) is 0 Å². The molecule has 0 aromatic heterocycles. The first-order chi connectivity index (χ1) is 6.42. The van der Waals surface area contributed by atoms with Crippen molar-refractivity contribution in [3.63, 3.8) is 0 Å². The van der Waals surface area contributed by atoms with Crippen molar-refractivity contribution >= 4 is 0 Å². The molecule has 0 saturated carbocycles. The lowest BCUT2D eigenvalue weighted by Gasteiger charge is -2.21. The number of ether oxygens (including phenoxy) is 1. The second-order valence-electron chi connectivity index (χ2n) is 3.08. The molecule has 13 heavy (non-hydrogen) atoms. The molecule has 0 radical (unpaired) electrons. The molecule has 1 unspecified atom stereocenters. The minimum Gasteiger partial charge on any atom is -0.467 e. The van der Waals surface area contributed by atoms with Crippen LogP contribution in [0, 0.1) is 5.92 Å². The van der Waals surface area contributed by atoms with E-state index in [2.05, 4.69) is 12.2 Å². The first kappa shape index (κ1) is 8.32. The Hall–Kier alpha value is -1.28. The minimum absolute atomic E-state index is 0.257. The molecule has 1 atom stereocenters. The quantitative estimate of drug-likeness (QED) is 0.651. The molecule has 0 heterocycles. The van der Waals surface area contributed by atoms with Crippen molar-refractivity contribution in [1.29, 1.82) is 0 Å². The van der Waals surface area contributed by atoms with Gasteiger partial charge in [0.2, 0.25) is 0 Å². The number of hydrogen-bond donors (Lipinski definition) is 1. The fourth-order valence-corrected chi connectivity index (χ4v) is 1.67. The SMILES string of the molecule is OCOC1=C2C=CC=CC2CC=C1. The number of rotatable bonds is 2. The molecule has 0 fully saturated rings. The zero-order chi connectivity index (χ0) is 9.10. The number of fused-ring (bicyclic) bond motifs is 1. The molecule has 0 spiro atoms. The molecule has 2 aliphatic carbocycles. The lowest BCUT2D eigenvalue weighted by atomic mass is 9.87. The van der Waals surface area contributed by atoms with Crippen LogP contribution >= 0.6 is 0 Å². The summed E-state index contributed by atoms with van der Waals surface area (Å²) in [5.41, 5.74) is 1.17. The topological polar surface area (TPSA) is 29.5 Å². The fourth-order valence-electron chi connectivity index (χ4n) is 1.67. The first-order valence-electron chi connectivity index (χ1n) is 4.41. The van der Waals surface area contributed by atoms with Crippen LogP contribution in [0.1, 0.15) is 6.42 Å². The van der Waals surface area contributed by atoms with Crippen molar-refractivity contribution in [3.05, 3.63) is 47.8 Å². The number of allylic oxidation sites excluding steroid dienone is 7. The molecule has 0 saturated heterocycles. The average Bonchev–Trinajstić information content (AvgIpc) is 2.19. The van der Waals surface area contributed by atoms with Gasteiger partial charge in [-0.1, -0.05) is 30.4 Å². The summed E-state index contributed by atoms with van der Waals surface area (Å²) >= 11 is 0. The molecule has 0 aromatic rings. The summed E-state index contributed by atoms with van der Waals surface area (Å²) in [6.07, 6.45) is 13.2. The molecule has 1 N–H and O–H groups in total. The number of hydrogen-bond acceptors (Lipinski definition) is 2. The molecule has 68 valence electrons. The first-order valence-corrected chi connectivity index (χ1v) is 4.41. The van der Waals surface area contributed by atoms with Crippen molar-refractivity contribution < 1.29 is 9.84 Å². The lowest BCUT2D eigenvalue weighted by Crippen LogP contribution is -2.09. The monoisotopic (exact) mass is 176 g/mol. The minimum atomic E-state index is -0.257. The van der Waals surface area contributed by atoms with Crippen molar-refractivity contribution in [2.75, 3.05) is 6.79 Å². The van der Waals surface area contributed by atoms with Crippen LogP contribution in [0.2, 0.25) is 0 Å². The molecule has 2 nitrogen and oxygen atoms in total. The number of aliphatic hydroxyl groups is 1. The Balaban J connectivity index is 2.30. The zero-order valence-electron chi connectivity index (χ0n) is 7.31.